The molecule has 0 amide bonds. The summed E-state index contributed by atoms with van der Waals surface area (Å²) in [5.74, 6) is 0.0843. The van der Waals surface area contributed by atoms with Gasteiger partial charge in [-0.15, -0.1) is 0 Å². The summed E-state index contributed by atoms with van der Waals surface area (Å²) in [6.45, 7) is 6.31. The molecule has 0 saturated carbocycles. The van der Waals surface area contributed by atoms with Crippen LogP contribution in [0.4, 0.5) is 4.39 Å². The van der Waals surface area contributed by atoms with Crippen LogP contribution >= 0.6 is 0 Å². The molecule has 26 heavy (non-hydrogen) atoms. The van der Waals surface area contributed by atoms with Gasteiger partial charge in [-0.05, 0) is 43.0 Å². The number of benzene rings is 1. The molecule has 1 aliphatic heterocycles. The van der Waals surface area contributed by atoms with Gasteiger partial charge in [-0.2, -0.15) is 0 Å². The number of likely N-dealkylation sites (tertiary alicyclic amines) is 1. The minimum absolute atomic E-state index is 0.138. The van der Waals surface area contributed by atoms with E-state index in [1.807, 2.05) is 16.7 Å². The van der Waals surface area contributed by atoms with Gasteiger partial charge in [0.05, 0.1) is 11.9 Å². The van der Waals surface area contributed by atoms with Gasteiger partial charge >= 0.3 is 0 Å². The Hall–Kier alpha value is -1.73. The zero-order chi connectivity index (χ0) is 18.9. The molecule has 1 aromatic carbocycles. The topological polar surface area (TPSA) is 55.2 Å². The zero-order valence-electron chi connectivity index (χ0n) is 15.5. The van der Waals surface area contributed by atoms with Gasteiger partial charge in [0.25, 0.3) is 0 Å². The van der Waals surface area contributed by atoms with Gasteiger partial charge in [0, 0.05) is 25.4 Å². The lowest BCUT2D eigenvalue weighted by molar-refractivity contribution is 0.239. The van der Waals surface area contributed by atoms with Gasteiger partial charge in [-0.1, -0.05) is 26.0 Å². The minimum atomic E-state index is -3.37. The molecule has 1 saturated heterocycles. The van der Waals surface area contributed by atoms with Crippen LogP contribution < -0.4 is 0 Å². The highest BCUT2D eigenvalue weighted by molar-refractivity contribution is 7.90. The molecule has 1 atom stereocenters. The average Bonchev–Trinajstić information content (AvgIpc) is 3.15. The van der Waals surface area contributed by atoms with Crippen molar-refractivity contribution in [2.75, 3.05) is 12.8 Å². The second kappa shape index (κ2) is 7.48. The molecule has 2 aromatic rings. The lowest BCUT2D eigenvalue weighted by Gasteiger charge is -2.25. The fourth-order valence-corrected chi connectivity index (χ4v) is 4.50. The summed E-state index contributed by atoms with van der Waals surface area (Å²) in [6.07, 6.45) is 4.97. The number of rotatable bonds is 6. The maximum Gasteiger partial charge on any atom is 0.227 e. The van der Waals surface area contributed by atoms with Crippen molar-refractivity contribution in [3.8, 4) is 0 Å². The van der Waals surface area contributed by atoms with Crippen molar-refractivity contribution < 1.29 is 12.8 Å². The molecular formula is C19H26FN3O2S. The van der Waals surface area contributed by atoms with Gasteiger partial charge in [0.15, 0.2) is 0 Å². The summed E-state index contributed by atoms with van der Waals surface area (Å²) in [7, 11) is -3.37. The molecule has 2 heterocycles. The average molecular weight is 380 g/mol. The van der Waals surface area contributed by atoms with Gasteiger partial charge < -0.3 is 4.57 Å². The van der Waals surface area contributed by atoms with Crippen molar-refractivity contribution in [3.05, 3.63) is 47.5 Å². The third-order valence-electron chi connectivity index (χ3n) is 4.76. The molecule has 0 unspecified atom stereocenters. The van der Waals surface area contributed by atoms with Crippen LogP contribution in [0.1, 0.15) is 44.0 Å². The zero-order valence-corrected chi connectivity index (χ0v) is 16.3. The molecule has 7 heteroatoms. The molecule has 142 valence electrons. The highest BCUT2D eigenvalue weighted by Crippen LogP contribution is 2.33. The van der Waals surface area contributed by atoms with E-state index in [1.165, 1.54) is 18.4 Å². The van der Waals surface area contributed by atoms with Crippen LogP contribution in [0, 0.1) is 11.7 Å². The molecule has 1 fully saturated rings. The van der Waals surface area contributed by atoms with Crippen molar-refractivity contribution in [1.29, 1.82) is 0 Å². The Balaban J connectivity index is 1.87. The third kappa shape index (κ3) is 4.15. The molecule has 0 N–H and O–H groups in total. The summed E-state index contributed by atoms with van der Waals surface area (Å²) in [5.41, 5.74) is 2.01. The third-order valence-corrected chi connectivity index (χ3v) is 5.75. The summed E-state index contributed by atoms with van der Waals surface area (Å²) in [4.78, 5) is 6.52. The van der Waals surface area contributed by atoms with Crippen LogP contribution in [0.5, 0.6) is 0 Å². The van der Waals surface area contributed by atoms with Crippen LogP contribution in [0.3, 0.4) is 0 Å². The minimum Gasteiger partial charge on any atom is -0.317 e. The standard InChI is InChI=1S/C19H26FN3O2S/c1-14(2)12-23-17(11-21-19(23)26(3,24)25)13-22-10-4-5-18(22)15-6-8-16(20)9-7-15/h6-9,11,14,18H,4-5,10,12-13H2,1-3H3/t18-/m1/s1. The molecule has 5 nitrogen and oxygen atoms in total. The van der Waals surface area contributed by atoms with Crippen molar-refractivity contribution in [1.82, 2.24) is 14.5 Å². The first-order valence-corrected chi connectivity index (χ1v) is 10.9. The van der Waals surface area contributed by atoms with E-state index in [0.29, 0.717) is 19.0 Å². The smallest absolute Gasteiger partial charge is 0.227 e. The Labute approximate surface area is 154 Å². The number of nitrogens with zero attached hydrogens (tertiary/aromatic N) is 3. The number of hydrogen-bond donors (Lipinski definition) is 0. The van der Waals surface area contributed by atoms with Gasteiger partial charge in [-0.3, -0.25) is 4.90 Å². The molecule has 1 aliphatic rings. The van der Waals surface area contributed by atoms with E-state index in [2.05, 4.69) is 23.7 Å². The van der Waals surface area contributed by atoms with Gasteiger partial charge in [-0.25, -0.2) is 17.8 Å². The molecule has 0 radical (unpaired) electrons. The van der Waals surface area contributed by atoms with E-state index in [4.69, 9.17) is 0 Å². The van der Waals surface area contributed by atoms with E-state index in [-0.39, 0.29) is 17.0 Å². The second-order valence-electron chi connectivity index (χ2n) is 7.49. The van der Waals surface area contributed by atoms with Crippen LogP contribution in [0.2, 0.25) is 0 Å². The molecule has 1 aromatic heterocycles. The summed E-state index contributed by atoms with van der Waals surface area (Å²) >= 11 is 0. The van der Waals surface area contributed by atoms with E-state index in [9.17, 15) is 12.8 Å². The fraction of sp³-hybridized carbons (Fsp3) is 0.526. The maximum absolute atomic E-state index is 13.2. The van der Waals surface area contributed by atoms with E-state index in [1.54, 1.807) is 6.20 Å². The summed E-state index contributed by atoms with van der Waals surface area (Å²) in [6, 6.07) is 6.89. The number of aromatic nitrogens is 2. The highest BCUT2D eigenvalue weighted by Gasteiger charge is 2.28. The lowest BCUT2D eigenvalue weighted by atomic mass is 10.0. The monoisotopic (exact) mass is 379 g/mol. The first-order chi connectivity index (χ1) is 12.3. The molecule has 0 bridgehead atoms. The van der Waals surface area contributed by atoms with Crippen molar-refractivity contribution in [3.63, 3.8) is 0 Å². The first-order valence-electron chi connectivity index (χ1n) is 8.99. The number of halogens is 1. The molecular weight excluding hydrogens is 353 g/mol. The Morgan fingerprint density at radius 1 is 1.27 bits per heavy atom. The van der Waals surface area contributed by atoms with E-state index >= 15 is 0 Å². The largest absolute Gasteiger partial charge is 0.317 e. The Kier molecular flexibility index (Phi) is 5.48. The predicted octanol–water partition coefficient (Wildman–Crippen LogP) is 3.42. The number of hydrogen-bond acceptors (Lipinski definition) is 4. The lowest BCUT2D eigenvalue weighted by Crippen LogP contribution is -2.25. The number of sulfone groups is 1. The molecule has 3 rings (SSSR count). The first kappa shape index (κ1) is 19.0. The second-order valence-corrected chi connectivity index (χ2v) is 9.40. The fourth-order valence-electron chi connectivity index (χ4n) is 3.66. The Bertz CT molecular complexity index is 859. The SMILES string of the molecule is CC(C)Cn1c(CN2CCC[C@@H]2c2ccc(F)cc2)cnc1S(C)(=O)=O. The van der Waals surface area contributed by atoms with Crippen LogP contribution in [-0.2, 0) is 22.9 Å². The summed E-state index contributed by atoms with van der Waals surface area (Å²) < 4.78 is 39.2. The van der Waals surface area contributed by atoms with Gasteiger partial charge in [0.2, 0.25) is 15.0 Å². The Morgan fingerprint density at radius 3 is 2.58 bits per heavy atom. The van der Waals surface area contributed by atoms with E-state index < -0.39 is 9.84 Å². The van der Waals surface area contributed by atoms with Gasteiger partial charge in [0.1, 0.15) is 5.82 Å². The van der Waals surface area contributed by atoms with Crippen molar-refractivity contribution >= 4 is 9.84 Å². The normalized spacial score (nSPS) is 18.7. The predicted molar refractivity (Wildman–Crippen MR) is 99.0 cm³/mol. The van der Waals surface area contributed by atoms with E-state index in [0.717, 1.165) is 30.6 Å². The van der Waals surface area contributed by atoms with Crippen LogP contribution in [0.15, 0.2) is 35.6 Å². The molecule has 0 spiro atoms. The highest BCUT2D eigenvalue weighted by atomic mass is 32.2. The van der Waals surface area contributed by atoms with Crippen molar-refractivity contribution in [2.24, 2.45) is 5.92 Å². The summed E-state index contributed by atoms with van der Waals surface area (Å²) in [5, 5.41) is 0.138. The quantitative estimate of drug-likeness (QED) is 0.772. The molecule has 0 aliphatic carbocycles. The van der Waals surface area contributed by atoms with Crippen LogP contribution in [-0.4, -0.2) is 35.7 Å². The number of imidazole rings is 1. The maximum atomic E-state index is 13.2. The van der Waals surface area contributed by atoms with Crippen molar-refractivity contribution in [2.45, 2.75) is 51.0 Å². The Morgan fingerprint density at radius 2 is 1.96 bits per heavy atom. The van der Waals surface area contributed by atoms with Crippen LogP contribution in [0.25, 0.3) is 0 Å².